The first kappa shape index (κ1) is 23.9. The lowest BCUT2D eigenvalue weighted by atomic mass is 9.48. The number of aliphatic hydroxyl groups is 1. The highest BCUT2D eigenvalue weighted by molar-refractivity contribution is 5.73. The molecule has 0 bridgehead atoms. The Morgan fingerprint density at radius 3 is 2.42 bits per heavy atom. The molecule has 4 heteroatoms. The Morgan fingerprint density at radius 1 is 1.00 bits per heavy atom. The summed E-state index contributed by atoms with van der Waals surface area (Å²) in [6, 6.07) is 0. The molecule has 186 valence electrons. The van der Waals surface area contributed by atoms with Gasteiger partial charge in [0.25, 0.3) is 0 Å². The summed E-state index contributed by atoms with van der Waals surface area (Å²) < 4.78 is 0. The zero-order valence-electron chi connectivity index (χ0n) is 21.7. The van der Waals surface area contributed by atoms with Crippen LogP contribution in [0.1, 0.15) is 79.1 Å². The van der Waals surface area contributed by atoms with E-state index < -0.39 is 5.60 Å². The predicted molar refractivity (Wildman–Crippen MR) is 134 cm³/mol. The van der Waals surface area contributed by atoms with Gasteiger partial charge in [-0.25, -0.2) is 0 Å². The van der Waals surface area contributed by atoms with Crippen molar-refractivity contribution in [3.8, 4) is 0 Å². The first-order chi connectivity index (χ1) is 15.6. The van der Waals surface area contributed by atoms with Gasteiger partial charge in [0.2, 0.25) is 5.91 Å². The maximum absolute atomic E-state index is 11.7. The van der Waals surface area contributed by atoms with Crippen LogP contribution in [0, 0.1) is 46.8 Å². The summed E-state index contributed by atoms with van der Waals surface area (Å²) in [6.45, 7) is 18.1. The Kier molecular flexibility index (Phi) is 6.26. The SMILES string of the molecule is C=C(CN1CCN(C(C)=O)CC1)[C@H]1CC[C@H]2[C@@H]3CC[C@H]4C[C@](C)(O)[C@@H](C)C[C@@H]4[C@H]3CC[C@]12C. The summed E-state index contributed by atoms with van der Waals surface area (Å²) in [4.78, 5) is 16.2. The summed E-state index contributed by atoms with van der Waals surface area (Å²) in [5, 5.41) is 10.9. The Bertz CT molecular complexity index is 770. The van der Waals surface area contributed by atoms with E-state index in [1.807, 2.05) is 4.90 Å². The van der Waals surface area contributed by atoms with Gasteiger partial charge in [0.15, 0.2) is 0 Å². The van der Waals surface area contributed by atoms with E-state index >= 15 is 0 Å². The lowest BCUT2D eigenvalue weighted by Crippen LogP contribution is -2.53. The molecule has 33 heavy (non-hydrogen) atoms. The molecule has 4 aliphatic carbocycles. The first-order valence-corrected chi connectivity index (χ1v) is 14.0. The second-order valence-electron chi connectivity index (χ2n) is 13.2. The van der Waals surface area contributed by atoms with Crippen LogP contribution in [-0.2, 0) is 4.79 Å². The number of rotatable bonds is 3. The predicted octanol–water partition coefficient (Wildman–Crippen LogP) is 4.97. The molecule has 0 unspecified atom stereocenters. The van der Waals surface area contributed by atoms with Gasteiger partial charge in [0.05, 0.1) is 5.60 Å². The average molecular weight is 457 g/mol. The van der Waals surface area contributed by atoms with Crippen LogP contribution in [0.4, 0.5) is 0 Å². The highest BCUT2D eigenvalue weighted by Gasteiger charge is 2.58. The van der Waals surface area contributed by atoms with Gasteiger partial charge in [0, 0.05) is 39.6 Å². The molecular weight excluding hydrogens is 408 g/mol. The minimum atomic E-state index is -0.455. The molecule has 0 aromatic rings. The summed E-state index contributed by atoms with van der Waals surface area (Å²) >= 11 is 0. The van der Waals surface area contributed by atoms with Crippen molar-refractivity contribution in [3.05, 3.63) is 12.2 Å². The van der Waals surface area contributed by atoms with E-state index in [0.29, 0.717) is 17.3 Å². The molecule has 0 spiro atoms. The fourth-order valence-corrected chi connectivity index (χ4v) is 9.54. The first-order valence-electron chi connectivity index (χ1n) is 14.0. The van der Waals surface area contributed by atoms with Gasteiger partial charge in [-0.3, -0.25) is 9.69 Å². The van der Waals surface area contributed by atoms with Crippen LogP contribution in [0.5, 0.6) is 0 Å². The normalized spacial score (nSPS) is 48.0. The number of piperazine rings is 1. The lowest BCUT2D eigenvalue weighted by Gasteiger charge is -2.58. The van der Waals surface area contributed by atoms with Crippen molar-refractivity contribution in [1.82, 2.24) is 9.80 Å². The fraction of sp³-hybridized carbons (Fsp3) is 0.897. The number of fused-ring (bicyclic) bond motifs is 5. The van der Waals surface area contributed by atoms with Crippen molar-refractivity contribution >= 4 is 5.91 Å². The molecule has 0 aromatic heterocycles. The number of amides is 1. The van der Waals surface area contributed by atoms with Crippen molar-refractivity contribution in [3.63, 3.8) is 0 Å². The third kappa shape index (κ3) is 4.11. The molecule has 5 aliphatic rings. The monoisotopic (exact) mass is 456 g/mol. The smallest absolute Gasteiger partial charge is 0.219 e. The third-order valence-corrected chi connectivity index (χ3v) is 11.6. The van der Waals surface area contributed by atoms with Crippen LogP contribution in [-0.4, -0.2) is 59.1 Å². The van der Waals surface area contributed by atoms with E-state index in [0.717, 1.165) is 68.7 Å². The number of hydrogen-bond acceptors (Lipinski definition) is 3. The number of nitrogens with zero attached hydrogens (tertiary/aromatic N) is 2. The molecule has 1 N–H and O–H groups in total. The van der Waals surface area contributed by atoms with Gasteiger partial charge in [-0.05, 0) is 105 Å². The largest absolute Gasteiger partial charge is 0.390 e. The lowest BCUT2D eigenvalue weighted by molar-refractivity contribution is -0.130. The average Bonchev–Trinajstić information content (AvgIpc) is 3.12. The minimum Gasteiger partial charge on any atom is -0.390 e. The quantitative estimate of drug-likeness (QED) is 0.610. The summed E-state index contributed by atoms with van der Waals surface area (Å²) in [5.74, 6) is 5.58. The molecule has 1 amide bonds. The Hall–Kier alpha value is -0.870. The Labute approximate surface area is 202 Å². The molecule has 0 radical (unpaired) electrons. The standard InChI is InChI=1S/C29H48N2O2/c1-19(18-30-12-14-31(15-13-30)21(3)32)26-8-9-27-24-7-6-22-17-29(5,33)20(2)16-25(22)23(24)10-11-28(26,27)4/h20,22-27,33H,1,6-18H2,2-5H3/t20-,22-,23-,24+,25-,26+,27-,28+,29-/m0/s1. The van der Waals surface area contributed by atoms with Crippen molar-refractivity contribution in [2.45, 2.75) is 84.7 Å². The van der Waals surface area contributed by atoms with Gasteiger partial charge < -0.3 is 10.0 Å². The third-order valence-electron chi connectivity index (χ3n) is 11.6. The van der Waals surface area contributed by atoms with E-state index in [1.165, 1.54) is 50.5 Å². The van der Waals surface area contributed by atoms with E-state index in [1.54, 1.807) is 6.92 Å². The van der Waals surface area contributed by atoms with E-state index in [4.69, 9.17) is 0 Å². The molecule has 1 heterocycles. The van der Waals surface area contributed by atoms with E-state index in [9.17, 15) is 9.90 Å². The highest BCUT2D eigenvalue weighted by atomic mass is 16.3. The van der Waals surface area contributed by atoms with Crippen LogP contribution < -0.4 is 0 Å². The van der Waals surface area contributed by atoms with Gasteiger partial charge in [-0.2, -0.15) is 0 Å². The van der Waals surface area contributed by atoms with Gasteiger partial charge in [-0.1, -0.05) is 26.0 Å². The molecular formula is C29H48N2O2. The zero-order valence-corrected chi connectivity index (χ0v) is 21.7. The molecule has 5 fully saturated rings. The summed E-state index contributed by atoms with van der Waals surface area (Å²) in [5.41, 5.74) is 1.44. The Morgan fingerprint density at radius 2 is 1.73 bits per heavy atom. The molecule has 4 nitrogen and oxygen atoms in total. The molecule has 1 aliphatic heterocycles. The van der Waals surface area contributed by atoms with Gasteiger partial charge in [-0.15, -0.1) is 0 Å². The van der Waals surface area contributed by atoms with E-state index in [2.05, 4.69) is 32.3 Å². The molecule has 4 saturated carbocycles. The van der Waals surface area contributed by atoms with Crippen LogP contribution >= 0.6 is 0 Å². The topological polar surface area (TPSA) is 43.8 Å². The van der Waals surface area contributed by atoms with Crippen LogP contribution in [0.3, 0.4) is 0 Å². The van der Waals surface area contributed by atoms with Gasteiger partial charge in [0.1, 0.15) is 0 Å². The van der Waals surface area contributed by atoms with Crippen LogP contribution in [0.25, 0.3) is 0 Å². The number of carbonyl (C=O) groups is 1. The minimum absolute atomic E-state index is 0.210. The molecule has 5 rings (SSSR count). The molecule has 9 atom stereocenters. The van der Waals surface area contributed by atoms with Crippen molar-refractivity contribution in [2.75, 3.05) is 32.7 Å². The van der Waals surface area contributed by atoms with E-state index in [-0.39, 0.29) is 5.91 Å². The van der Waals surface area contributed by atoms with Crippen molar-refractivity contribution < 1.29 is 9.90 Å². The highest BCUT2D eigenvalue weighted by Crippen LogP contribution is 2.65. The van der Waals surface area contributed by atoms with Crippen LogP contribution in [0.2, 0.25) is 0 Å². The second-order valence-corrected chi connectivity index (χ2v) is 13.2. The van der Waals surface area contributed by atoms with Crippen molar-refractivity contribution in [1.29, 1.82) is 0 Å². The van der Waals surface area contributed by atoms with Crippen molar-refractivity contribution in [2.24, 2.45) is 46.8 Å². The summed E-state index contributed by atoms with van der Waals surface area (Å²) in [6.07, 6.45) is 10.5. The molecule has 1 saturated heterocycles. The maximum atomic E-state index is 11.7. The maximum Gasteiger partial charge on any atom is 0.219 e. The molecule has 0 aromatic carbocycles. The number of hydrogen-bond donors (Lipinski definition) is 1. The zero-order chi connectivity index (χ0) is 23.5. The fourth-order valence-electron chi connectivity index (χ4n) is 9.54. The Balaban J connectivity index is 1.23. The number of carbonyl (C=O) groups excluding carboxylic acids is 1. The van der Waals surface area contributed by atoms with Crippen LogP contribution in [0.15, 0.2) is 12.2 Å². The van der Waals surface area contributed by atoms with Gasteiger partial charge >= 0.3 is 0 Å². The summed E-state index contributed by atoms with van der Waals surface area (Å²) in [7, 11) is 0. The second kappa shape index (κ2) is 8.66.